The highest BCUT2D eigenvalue weighted by Crippen LogP contribution is 2.36. The molecular weight excluding hydrogens is 356 g/mol. The van der Waals surface area contributed by atoms with E-state index in [9.17, 15) is 4.79 Å². The van der Waals surface area contributed by atoms with Crippen molar-refractivity contribution in [2.45, 2.75) is 39.5 Å². The number of aromatic nitrogens is 2. The van der Waals surface area contributed by atoms with Gasteiger partial charge in [-0.3, -0.25) is 4.79 Å². The van der Waals surface area contributed by atoms with Gasteiger partial charge in [-0.05, 0) is 44.4 Å². The standard InChI is InChI=1S/C21H24N4OS/c1-14-8-7-9-16(12-14)24-20(26)17-15(2)27-21-18(17)19(22-13-23-21)25-10-5-3-4-6-11-25/h7-9,12-13H,3-6,10-11H2,1-2H3,(H,24,26). The second-order valence-corrected chi connectivity index (χ2v) is 8.34. The summed E-state index contributed by atoms with van der Waals surface area (Å²) in [5.41, 5.74) is 2.64. The molecule has 0 bridgehead atoms. The highest BCUT2D eigenvalue weighted by atomic mass is 32.1. The SMILES string of the molecule is Cc1cccc(NC(=O)c2c(C)sc3ncnc(N4CCCCCC4)c23)c1. The molecule has 0 atom stereocenters. The number of thiophene rings is 1. The van der Waals surface area contributed by atoms with Gasteiger partial charge in [-0.15, -0.1) is 11.3 Å². The first-order valence-electron chi connectivity index (χ1n) is 9.50. The van der Waals surface area contributed by atoms with Gasteiger partial charge in [-0.25, -0.2) is 9.97 Å². The van der Waals surface area contributed by atoms with Gasteiger partial charge in [0.05, 0.1) is 10.9 Å². The number of amides is 1. The Morgan fingerprint density at radius 1 is 1.11 bits per heavy atom. The largest absolute Gasteiger partial charge is 0.356 e. The summed E-state index contributed by atoms with van der Waals surface area (Å²) in [6.45, 7) is 5.98. The summed E-state index contributed by atoms with van der Waals surface area (Å²) in [5, 5.41) is 3.95. The fourth-order valence-electron chi connectivity index (χ4n) is 3.74. The van der Waals surface area contributed by atoms with Crippen molar-refractivity contribution in [3.05, 3.63) is 46.6 Å². The Morgan fingerprint density at radius 2 is 1.89 bits per heavy atom. The molecule has 6 heteroatoms. The topological polar surface area (TPSA) is 58.1 Å². The first kappa shape index (κ1) is 17.9. The molecule has 3 heterocycles. The number of anilines is 2. The summed E-state index contributed by atoms with van der Waals surface area (Å²) in [5.74, 6) is 0.816. The molecule has 0 spiro atoms. The molecule has 1 aliphatic heterocycles. The minimum absolute atomic E-state index is 0.0878. The second kappa shape index (κ2) is 7.64. The van der Waals surface area contributed by atoms with Gasteiger partial charge < -0.3 is 10.2 Å². The van der Waals surface area contributed by atoms with Crippen molar-refractivity contribution in [2.75, 3.05) is 23.3 Å². The van der Waals surface area contributed by atoms with Gasteiger partial charge in [0.15, 0.2) is 0 Å². The molecular formula is C21H24N4OS. The molecule has 0 aliphatic carbocycles. The molecule has 27 heavy (non-hydrogen) atoms. The van der Waals surface area contributed by atoms with E-state index >= 15 is 0 Å². The van der Waals surface area contributed by atoms with Gasteiger partial charge in [0.2, 0.25) is 0 Å². The maximum Gasteiger partial charge on any atom is 0.257 e. The lowest BCUT2D eigenvalue weighted by molar-refractivity contribution is 0.102. The molecule has 140 valence electrons. The molecule has 5 nitrogen and oxygen atoms in total. The van der Waals surface area contributed by atoms with E-state index in [1.807, 2.05) is 38.1 Å². The number of nitrogens with zero attached hydrogens (tertiary/aromatic N) is 3. The lowest BCUT2D eigenvalue weighted by Crippen LogP contribution is -2.25. The Hall–Kier alpha value is -2.47. The van der Waals surface area contributed by atoms with E-state index in [4.69, 9.17) is 0 Å². The second-order valence-electron chi connectivity index (χ2n) is 7.14. The van der Waals surface area contributed by atoms with E-state index in [-0.39, 0.29) is 5.91 Å². The maximum absolute atomic E-state index is 13.1. The van der Waals surface area contributed by atoms with Crippen LogP contribution in [0.4, 0.5) is 11.5 Å². The highest BCUT2D eigenvalue weighted by Gasteiger charge is 2.24. The maximum atomic E-state index is 13.1. The molecule has 1 amide bonds. The van der Waals surface area contributed by atoms with Crippen LogP contribution in [0, 0.1) is 13.8 Å². The van der Waals surface area contributed by atoms with E-state index in [2.05, 4.69) is 20.2 Å². The van der Waals surface area contributed by atoms with Crippen molar-refractivity contribution in [3.63, 3.8) is 0 Å². The smallest absolute Gasteiger partial charge is 0.257 e. The first-order valence-corrected chi connectivity index (χ1v) is 10.3. The summed E-state index contributed by atoms with van der Waals surface area (Å²) < 4.78 is 0. The average Bonchev–Trinajstić information content (AvgIpc) is 2.81. The molecule has 4 rings (SSSR count). The molecule has 3 aromatic rings. The van der Waals surface area contributed by atoms with Crippen LogP contribution in [0.3, 0.4) is 0 Å². The van der Waals surface area contributed by atoms with E-state index < -0.39 is 0 Å². The van der Waals surface area contributed by atoms with Gasteiger partial charge in [-0.2, -0.15) is 0 Å². The fraction of sp³-hybridized carbons (Fsp3) is 0.381. The zero-order chi connectivity index (χ0) is 18.8. The lowest BCUT2D eigenvalue weighted by atomic mass is 10.1. The van der Waals surface area contributed by atoms with Gasteiger partial charge in [0, 0.05) is 23.7 Å². The molecule has 1 fully saturated rings. The van der Waals surface area contributed by atoms with Crippen LogP contribution in [0.15, 0.2) is 30.6 Å². The van der Waals surface area contributed by atoms with Gasteiger partial charge >= 0.3 is 0 Å². The summed E-state index contributed by atoms with van der Waals surface area (Å²) in [7, 11) is 0. The Bertz CT molecular complexity index is 973. The van der Waals surface area contributed by atoms with Crippen LogP contribution in [0.5, 0.6) is 0 Å². The lowest BCUT2D eigenvalue weighted by Gasteiger charge is -2.22. The Balaban J connectivity index is 1.75. The number of aryl methyl sites for hydroxylation is 2. The van der Waals surface area contributed by atoms with Crippen molar-refractivity contribution in [3.8, 4) is 0 Å². The summed E-state index contributed by atoms with van der Waals surface area (Å²) in [6, 6.07) is 7.87. The van der Waals surface area contributed by atoms with Crippen LogP contribution in [-0.4, -0.2) is 29.0 Å². The number of benzene rings is 1. The summed E-state index contributed by atoms with van der Waals surface area (Å²) in [6.07, 6.45) is 6.47. The third-order valence-electron chi connectivity index (χ3n) is 5.05. The Morgan fingerprint density at radius 3 is 2.63 bits per heavy atom. The number of carbonyl (C=O) groups excluding carboxylic acids is 1. The molecule has 1 saturated heterocycles. The first-order chi connectivity index (χ1) is 13.1. The van der Waals surface area contributed by atoms with Crippen molar-refractivity contribution >= 4 is 39.0 Å². The minimum Gasteiger partial charge on any atom is -0.356 e. The normalized spacial score (nSPS) is 15.0. The molecule has 2 aromatic heterocycles. The zero-order valence-electron chi connectivity index (χ0n) is 15.8. The number of rotatable bonds is 3. The molecule has 1 aromatic carbocycles. The Labute approximate surface area is 163 Å². The zero-order valence-corrected chi connectivity index (χ0v) is 16.6. The summed E-state index contributed by atoms with van der Waals surface area (Å²) >= 11 is 1.57. The molecule has 1 N–H and O–H groups in total. The number of hydrogen-bond donors (Lipinski definition) is 1. The molecule has 0 saturated carbocycles. The quantitative estimate of drug-likeness (QED) is 0.699. The predicted molar refractivity (Wildman–Crippen MR) is 112 cm³/mol. The number of nitrogens with one attached hydrogen (secondary N) is 1. The van der Waals surface area contributed by atoms with E-state index in [1.165, 1.54) is 25.7 Å². The van der Waals surface area contributed by atoms with Crippen LogP contribution in [0.25, 0.3) is 10.2 Å². The van der Waals surface area contributed by atoms with Crippen molar-refractivity contribution < 1.29 is 4.79 Å². The van der Waals surface area contributed by atoms with Crippen molar-refractivity contribution in [1.29, 1.82) is 0 Å². The third-order valence-corrected chi connectivity index (χ3v) is 6.07. The summed E-state index contributed by atoms with van der Waals surface area (Å²) in [4.78, 5) is 26.4. The number of carbonyl (C=O) groups is 1. The molecule has 0 unspecified atom stereocenters. The van der Waals surface area contributed by atoms with Crippen LogP contribution in [-0.2, 0) is 0 Å². The van der Waals surface area contributed by atoms with E-state index in [0.717, 1.165) is 45.3 Å². The number of fused-ring (bicyclic) bond motifs is 1. The van der Waals surface area contributed by atoms with E-state index in [0.29, 0.717) is 5.56 Å². The molecule has 1 aliphatic rings. The average molecular weight is 381 g/mol. The van der Waals surface area contributed by atoms with Crippen LogP contribution in [0.1, 0.15) is 46.5 Å². The van der Waals surface area contributed by atoms with Crippen molar-refractivity contribution in [1.82, 2.24) is 9.97 Å². The highest BCUT2D eigenvalue weighted by molar-refractivity contribution is 7.19. The van der Waals surface area contributed by atoms with Crippen LogP contribution < -0.4 is 10.2 Å². The van der Waals surface area contributed by atoms with Gasteiger partial charge in [-0.1, -0.05) is 25.0 Å². The van der Waals surface area contributed by atoms with Gasteiger partial charge in [0.1, 0.15) is 17.0 Å². The van der Waals surface area contributed by atoms with Crippen molar-refractivity contribution in [2.24, 2.45) is 0 Å². The van der Waals surface area contributed by atoms with Crippen LogP contribution >= 0.6 is 11.3 Å². The third kappa shape index (κ3) is 3.67. The van der Waals surface area contributed by atoms with Gasteiger partial charge in [0.25, 0.3) is 5.91 Å². The monoisotopic (exact) mass is 380 g/mol. The predicted octanol–water partition coefficient (Wildman–Crippen LogP) is 4.94. The minimum atomic E-state index is -0.0878. The van der Waals surface area contributed by atoms with E-state index in [1.54, 1.807) is 17.7 Å². The fourth-order valence-corrected chi connectivity index (χ4v) is 4.72. The van der Waals surface area contributed by atoms with Crippen LogP contribution in [0.2, 0.25) is 0 Å². The number of hydrogen-bond acceptors (Lipinski definition) is 5. The molecule has 0 radical (unpaired) electrons. The Kier molecular flexibility index (Phi) is 5.07.